The first-order valence-corrected chi connectivity index (χ1v) is 8.20. The number of nitrogens with zero attached hydrogens (tertiary/aromatic N) is 2. The highest BCUT2D eigenvalue weighted by Gasteiger charge is 2.36. The van der Waals surface area contributed by atoms with Gasteiger partial charge in [-0.25, -0.2) is 4.98 Å². The van der Waals surface area contributed by atoms with E-state index in [0.717, 1.165) is 37.3 Å². The predicted octanol–water partition coefficient (Wildman–Crippen LogP) is 2.87. The lowest BCUT2D eigenvalue weighted by atomic mass is 9.82. The molecule has 0 aromatic carbocycles. The molecule has 2 heterocycles. The molecule has 0 unspecified atom stereocenters. The monoisotopic (exact) mass is 286 g/mol. The number of hydrogen-bond acceptors (Lipinski definition) is 3. The van der Waals surface area contributed by atoms with E-state index in [9.17, 15) is 0 Å². The molecule has 4 nitrogen and oxygen atoms in total. The Balaban J connectivity index is 1.97. The van der Waals surface area contributed by atoms with Crippen molar-refractivity contribution in [1.29, 1.82) is 5.41 Å². The topological polar surface area (TPSA) is 66.0 Å². The second kappa shape index (κ2) is 5.32. The number of nitrogens with one attached hydrogen (secondary N) is 1. The average Bonchev–Trinajstić information content (AvgIpc) is 3.12. The smallest absolute Gasteiger partial charge is 0.139 e. The van der Waals surface area contributed by atoms with Gasteiger partial charge in [-0.2, -0.15) is 0 Å². The van der Waals surface area contributed by atoms with E-state index in [1.54, 1.807) is 0 Å². The van der Waals surface area contributed by atoms with Gasteiger partial charge in [0.05, 0.1) is 5.56 Å². The molecular weight excluding hydrogens is 260 g/mol. The van der Waals surface area contributed by atoms with Gasteiger partial charge >= 0.3 is 0 Å². The van der Waals surface area contributed by atoms with Gasteiger partial charge < -0.3 is 10.6 Å². The third-order valence-electron chi connectivity index (χ3n) is 5.56. The zero-order valence-corrected chi connectivity index (χ0v) is 13.2. The molecule has 1 aromatic rings. The fraction of sp³-hybridized carbons (Fsp3) is 0.647. The highest BCUT2D eigenvalue weighted by molar-refractivity contribution is 6.00. The summed E-state index contributed by atoms with van der Waals surface area (Å²) in [5, 5.41) is 7.90. The minimum Gasteiger partial charge on any atom is -0.384 e. The SMILES string of the molecule is CCC1(CC)CCN(c2nc3c(cc2C(=N)N)CCC3)C1. The first-order chi connectivity index (χ1) is 10.1. The minimum absolute atomic E-state index is 0.151. The number of amidine groups is 1. The van der Waals surface area contributed by atoms with Crippen LogP contribution in [0.1, 0.15) is 56.4 Å². The Morgan fingerprint density at radius 2 is 2.14 bits per heavy atom. The second-order valence-corrected chi connectivity index (χ2v) is 6.61. The van der Waals surface area contributed by atoms with Gasteiger partial charge in [-0.15, -0.1) is 0 Å². The Hall–Kier alpha value is -1.58. The standard InChI is InChI=1S/C17H26N4/c1-3-17(4-2)8-9-21(11-17)16-13(15(18)19)10-12-6-5-7-14(12)20-16/h10H,3-9,11H2,1-2H3,(H3,18,19). The van der Waals surface area contributed by atoms with Crippen molar-refractivity contribution in [3.63, 3.8) is 0 Å². The Morgan fingerprint density at radius 3 is 2.76 bits per heavy atom. The molecule has 1 saturated heterocycles. The lowest BCUT2D eigenvalue weighted by Gasteiger charge is -2.27. The second-order valence-electron chi connectivity index (χ2n) is 6.61. The molecule has 0 amide bonds. The average molecular weight is 286 g/mol. The summed E-state index contributed by atoms with van der Waals surface area (Å²) in [4.78, 5) is 7.26. The number of pyridine rings is 1. The molecule has 2 aliphatic rings. The van der Waals surface area contributed by atoms with E-state index < -0.39 is 0 Å². The summed E-state index contributed by atoms with van der Waals surface area (Å²) in [6.07, 6.45) is 6.96. The van der Waals surface area contributed by atoms with Gasteiger partial charge in [0.25, 0.3) is 0 Å². The molecule has 3 N–H and O–H groups in total. The Morgan fingerprint density at radius 1 is 1.38 bits per heavy atom. The summed E-state index contributed by atoms with van der Waals surface area (Å²) in [5.74, 6) is 1.10. The number of rotatable bonds is 4. The third-order valence-corrected chi connectivity index (χ3v) is 5.56. The van der Waals surface area contributed by atoms with Crippen molar-refractivity contribution in [1.82, 2.24) is 4.98 Å². The van der Waals surface area contributed by atoms with Gasteiger partial charge in [-0.05, 0) is 55.6 Å². The molecule has 114 valence electrons. The van der Waals surface area contributed by atoms with Crippen LogP contribution in [0, 0.1) is 10.8 Å². The van der Waals surface area contributed by atoms with E-state index in [1.165, 1.54) is 36.9 Å². The molecule has 3 rings (SSSR count). The normalized spacial score (nSPS) is 19.8. The van der Waals surface area contributed by atoms with Gasteiger partial charge in [-0.3, -0.25) is 5.41 Å². The maximum atomic E-state index is 7.90. The Kier molecular flexibility index (Phi) is 3.64. The molecule has 0 atom stereocenters. The van der Waals surface area contributed by atoms with Crippen molar-refractivity contribution in [2.24, 2.45) is 11.1 Å². The van der Waals surface area contributed by atoms with Crippen LogP contribution in [0.4, 0.5) is 5.82 Å². The number of hydrogen-bond donors (Lipinski definition) is 2. The van der Waals surface area contributed by atoms with Crippen molar-refractivity contribution in [2.45, 2.75) is 52.4 Å². The van der Waals surface area contributed by atoms with Gasteiger partial charge in [-0.1, -0.05) is 13.8 Å². The minimum atomic E-state index is 0.151. The lowest BCUT2D eigenvalue weighted by molar-refractivity contribution is 0.301. The molecule has 0 radical (unpaired) electrons. The highest BCUT2D eigenvalue weighted by atomic mass is 15.2. The van der Waals surface area contributed by atoms with E-state index in [2.05, 4.69) is 24.8 Å². The third kappa shape index (κ3) is 2.41. The number of aryl methyl sites for hydroxylation is 2. The number of fused-ring (bicyclic) bond motifs is 1. The largest absolute Gasteiger partial charge is 0.384 e. The maximum Gasteiger partial charge on any atom is 0.139 e. The molecule has 1 aliphatic carbocycles. The van der Waals surface area contributed by atoms with Gasteiger partial charge in [0.2, 0.25) is 0 Å². The molecule has 0 spiro atoms. The summed E-state index contributed by atoms with van der Waals surface area (Å²) in [6, 6.07) is 2.12. The molecule has 21 heavy (non-hydrogen) atoms. The van der Waals surface area contributed by atoms with Crippen molar-refractivity contribution in [3.05, 3.63) is 22.9 Å². The summed E-state index contributed by atoms with van der Waals surface area (Å²) >= 11 is 0. The van der Waals surface area contributed by atoms with Crippen LogP contribution in [0.2, 0.25) is 0 Å². The van der Waals surface area contributed by atoms with Crippen LogP contribution in [0.25, 0.3) is 0 Å². The molecule has 1 fully saturated rings. The van der Waals surface area contributed by atoms with E-state index in [4.69, 9.17) is 16.1 Å². The summed E-state index contributed by atoms with van der Waals surface area (Å²) in [7, 11) is 0. The van der Waals surface area contributed by atoms with Crippen LogP contribution in [0.15, 0.2) is 6.07 Å². The quantitative estimate of drug-likeness (QED) is 0.660. The molecule has 0 bridgehead atoms. The van der Waals surface area contributed by atoms with Gasteiger partial charge in [0.1, 0.15) is 11.7 Å². The van der Waals surface area contributed by atoms with Crippen molar-refractivity contribution in [3.8, 4) is 0 Å². The summed E-state index contributed by atoms with van der Waals surface area (Å²) < 4.78 is 0. The van der Waals surface area contributed by atoms with Crippen LogP contribution in [-0.2, 0) is 12.8 Å². The van der Waals surface area contributed by atoms with Crippen LogP contribution in [-0.4, -0.2) is 23.9 Å². The number of anilines is 1. The van der Waals surface area contributed by atoms with Gasteiger partial charge in [0.15, 0.2) is 0 Å². The van der Waals surface area contributed by atoms with Crippen LogP contribution in [0.3, 0.4) is 0 Å². The number of nitrogen functional groups attached to an aromatic ring is 1. The lowest BCUT2D eigenvalue weighted by Crippen LogP contribution is -2.29. The summed E-state index contributed by atoms with van der Waals surface area (Å²) in [6.45, 7) is 6.66. The molecule has 1 aromatic heterocycles. The van der Waals surface area contributed by atoms with Crippen molar-refractivity contribution >= 4 is 11.7 Å². The number of nitrogens with two attached hydrogens (primary N) is 1. The fourth-order valence-corrected chi connectivity index (χ4v) is 3.84. The van der Waals surface area contributed by atoms with Crippen LogP contribution in [0.5, 0.6) is 0 Å². The maximum absolute atomic E-state index is 7.90. The Labute approximate surface area is 127 Å². The van der Waals surface area contributed by atoms with Crippen molar-refractivity contribution < 1.29 is 0 Å². The molecular formula is C17H26N4. The first kappa shape index (κ1) is 14.4. The van der Waals surface area contributed by atoms with Crippen molar-refractivity contribution in [2.75, 3.05) is 18.0 Å². The fourth-order valence-electron chi connectivity index (χ4n) is 3.84. The van der Waals surface area contributed by atoms with Gasteiger partial charge in [0, 0.05) is 18.8 Å². The van der Waals surface area contributed by atoms with E-state index >= 15 is 0 Å². The van der Waals surface area contributed by atoms with Crippen LogP contribution >= 0.6 is 0 Å². The van der Waals surface area contributed by atoms with E-state index in [-0.39, 0.29) is 5.84 Å². The highest BCUT2D eigenvalue weighted by Crippen LogP contribution is 2.40. The van der Waals surface area contributed by atoms with E-state index in [0.29, 0.717) is 5.41 Å². The molecule has 0 saturated carbocycles. The Bertz CT molecular complexity index is 560. The first-order valence-electron chi connectivity index (χ1n) is 8.20. The zero-order valence-electron chi connectivity index (χ0n) is 13.2. The van der Waals surface area contributed by atoms with E-state index in [1.807, 2.05) is 0 Å². The number of aromatic nitrogens is 1. The zero-order chi connectivity index (χ0) is 15.0. The van der Waals surface area contributed by atoms with Crippen LogP contribution < -0.4 is 10.6 Å². The predicted molar refractivity (Wildman–Crippen MR) is 87.1 cm³/mol. The summed E-state index contributed by atoms with van der Waals surface area (Å²) in [5.41, 5.74) is 9.58. The molecule has 1 aliphatic heterocycles. The molecule has 4 heteroatoms.